The number of aromatic nitrogens is 2. The second-order valence-corrected chi connectivity index (χ2v) is 8.76. The van der Waals surface area contributed by atoms with Crippen LogP contribution >= 0.6 is 12.2 Å². The first-order chi connectivity index (χ1) is 16.5. The number of hydrogen-bond donors (Lipinski definition) is 2. The van der Waals surface area contributed by atoms with Crippen LogP contribution in [0.4, 0.5) is 5.69 Å². The van der Waals surface area contributed by atoms with E-state index in [9.17, 15) is 5.11 Å². The predicted molar refractivity (Wildman–Crippen MR) is 138 cm³/mol. The van der Waals surface area contributed by atoms with Crippen molar-refractivity contribution in [2.75, 3.05) is 12.0 Å². The smallest absolute Gasteiger partial charge is 0.174 e. The standard InChI is InChI=1S/C27H26N4O2S/c1-17-16-23(18(2)30(17)19-9-13-22(33-3)14-10-19)26-25(24-6-4-5-15-28-24)29-27(34)31(26)20-7-11-21(32)12-8-20/h4-16,25-26,32H,1-3H3,(H,29,34). The lowest BCUT2D eigenvalue weighted by molar-refractivity contribution is 0.414. The van der Waals surface area contributed by atoms with Gasteiger partial charge < -0.3 is 24.6 Å². The maximum absolute atomic E-state index is 9.84. The van der Waals surface area contributed by atoms with Crippen molar-refractivity contribution in [2.24, 2.45) is 0 Å². The highest BCUT2D eigenvalue weighted by molar-refractivity contribution is 7.80. The van der Waals surface area contributed by atoms with Crippen molar-refractivity contribution in [1.82, 2.24) is 14.9 Å². The lowest BCUT2D eigenvalue weighted by Crippen LogP contribution is -2.29. The zero-order chi connectivity index (χ0) is 23.8. The summed E-state index contributed by atoms with van der Waals surface area (Å²) in [5, 5.41) is 14.0. The zero-order valence-electron chi connectivity index (χ0n) is 19.3. The van der Waals surface area contributed by atoms with Gasteiger partial charge in [-0.05, 0) is 98.4 Å². The summed E-state index contributed by atoms with van der Waals surface area (Å²) >= 11 is 5.82. The van der Waals surface area contributed by atoms with Gasteiger partial charge in [-0.3, -0.25) is 4.98 Å². The van der Waals surface area contributed by atoms with Crippen LogP contribution in [0.1, 0.15) is 34.7 Å². The van der Waals surface area contributed by atoms with E-state index in [0.29, 0.717) is 5.11 Å². The second kappa shape index (κ2) is 8.83. The summed E-state index contributed by atoms with van der Waals surface area (Å²) in [4.78, 5) is 6.76. The molecule has 2 N–H and O–H groups in total. The van der Waals surface area contributed by atoms with Crippen LogP contribution in [0.15, 0.2) is 79.0 Å². The van der Waals surface area contributed by atoms with E-state index in [2.05, 4.69) is 51.8 Å². The average molecular weight is 471 g/mol. The van der Waals surface area contributed by atoms with E-state index in [0.717, 1.165) is 39.8 Å². The number of ether oxygens (including phenoxy) is 1. The number of hydrogen-bond acceptors (Lipinski definition) is 4. The number of nitrogens with zero attached hydrogens (tertiary/aromatic N) is 3. The minimum atomic E-state index is -0.132. The lowest BCUT2D eigenvalue weighted by atomic mass is 9.96. The van der Waals surface area contributed by atoms with Gasteiger partial charge in [0, 0.05) is 29.0 Å². The summed E-state index contributed by atoms with van der Waals surface area (Å²) in [5.41, 5.74) is 6.31. The molecule has 0 spiro atoms. The van der Waals surface area contributed by atoms with Crippen LogP contribution in [0.25, 0.3) is 5.69 Å². The maximum atomic E-state index is 9.84. The molecule has 7 heteroatoms. The Morgan fingerprint density at radius 1 is 0.971 bits per heavy atom. The zero-order valence-corrected chi connectivity index (χ0v) is 20.1. The largest absolute Gasteiger partial charge is 0.508 e. The van der Waals surface area contributed by atoms with Crippen LogP contribution in [0.5, 0.6) is 11.5 Å². The van der Waals surface area contributed by atoms with Gasteiger partial charge >= 0.3 is 0 Å². The molecule has 3 heterocycles. The summed E-state index contributed by atoms with van der Waals surface area (Å²) < 4.78 is 7.59. The monoisotopic (exact) mass is 470 g/mol. The predicted octanol–water partition coefficient (Wildman–Crippen LogP) is 5.38. The Bertz CT molecular complexity index is 1320. The highest BCUT2D eigenvalue weighted by Gasteiger charge is 2.42. The molecule has 5 rings (SSSR count). The fourth-order valence-corrected chi connectivity index (χ4v) is 5.12. The molecule has 1 fully saturated rings. The topological polar surface area (TPSA) is 62.5 Å². The number of benzene rings is 2. The van der Waals surface area contributed by atoms with Crippen LogP contribution < -0.4 is 15.0 Å². The molecule has 6 nitrogen and oxygen atoms in total. The number of phenolic OH excluding ortho intramolecular Hbond substituents is 1. The minimum absolute atomic E-state index is 0.120. The number of methoxy groups -OCH3 is 1. The molecular weight excluding hydrogens is 444 g/mol. The van der Waals surface area contributed by atoms with Crippen LogP contribution in [0, 0.1) is 13.8 Å². The number of anilines is 1. The van der Waals surface area contributed by atoms with Crippen molar-refractivity contribution in [2.45, 2.75) is 25.9 Å². The molecular formula is C27H26N4O2S. The quantitative estimate of drug-likeness (QED) is 0.382. The first-order valence-electron chi connectivity index (χ1n) is 11.1. The molecule has 2 atom stereocenters. The van der Waals surface area contributed by atoms with Crippen molar-refractivity contribution in [3.05, 3.63) is 102 Å². The molecule has 0 amide bonds. The fourth-order valence-electron chi connectivity index (χ4n) is 4.78. The maximum Gasteiger partial charge on any atom is 0.174 e. The average Bonchev–Trinajstić information content (AvgIpc) is 3.35. The van der Waals surface area contributed by atoms with Crippen LogP contribution in [0.2, 0.25) is 0 Å². The van der Waals surface area contributed by atoms with Crippen molar-refractivity contribution in [1.29, 1.82) is 0 Å². The molecule has 1 saturated heterocycles. The molecule has 0 saturated carbocycles. The van der Waals surface area contributed by atoms with Crippen molar-refractivity contribution >= 4 is 23.0 Å². The van der Waals surface area contributed by atoms with E-state index < -0.39 is 0 Å². The molecule has 0 aliphatic carbocycles. The van der Waals surface area contributed by atoms with E-state index in [4.69, 9.17) is 17.0 Å². The highest BCUT2D eigenvalue weighted by Crippen LogP contribution is 2.44. The molecule has 4 aromatic rings. The van der Waals surface area contributed by atoms with E-state index in [1.807, 2.05) is 42.5 Å². The number of aryl methyl sites for hydroxylation is 1. The molecule has 2 aromatic carbocycles. The third-order valence-corrected chi connectivity index (χ3v) is 6.66. The van der Waals surface area contributed by atoms with Gasteiger partial charge in [-0.25, -0.2) is 0 Å². The molecule has 0 radical (unpaired) electrons. The number of thiocarbonyl (C=S) groups is 1. The Morgan fingerprint density at radius 2 is 1.68 bits per heavy atom. The molecule has 0 bridgehead atoms. The number of rotatable bonds is 5. The Morgan fingerprint density at radius 3 is 2.32 bits per heavy atom. The number of aromatic hydroxyl groups is 1. The Labute approximate surface area is 204 Å². The van der Waals surface area contributed by atoms with E-state index in [1.54, 1.807) is 25.4 Å². The van der Waals surface area contributed by atoms with Crippen LogP contribution in [-0.2, 0) is 0 Å². The first kappa shape index (κ1) is 22.0. The molecule has 2 aromatic heterocycles. The van der Waals surface area contributed by atoms with E-state index >= 15 is 0 Å². The summed E-state index contributed by atoms with van der Waals surface area (Å²) in [5.74, 6) is 1.04. The number of pyridine rings is 1. The summed E-state index contributed by atoms with van der Waals surface area (Å²) in [6.45, 7) is 4.25. The lowest BCUT2D eigenvalue weighted by Gasteiger charge is -2.28. The van der Waals surface area contributed by atoms with Gasteiger partial charge in [-0.15, -0.1) is 0 Å². The third kappa shape index (κ3) is 3.78. The third-order valence-electron chi connectivity index (χ3n) is 6.35. The van der Waals surface area contributed by atoms with Gasteiger partial charge in [-0.2, -0.15) is 0 Å². The van der Waals surface area contributed by atoms with Crippen molar-refractivity contribution in [3.63, 3.8) is 0 Å². The van der Waals surface area contributed by atoms with Gasteiger partial charge in [0.2, 0.25) is 0 Å². The van der Waals surface area contributed by atoms with Crippen molar-refractivity contribution < 1.29 is 9.84 Å². The molecule has 1 aliphatic rings. The number of phenols is 1. The van der Waals surface area contributed by atoms with Gasteiger partial charge in [-0.1, -0.05) is 6.07 Å². The highest BCUT2D eigenvalue weighted by atomic mass is 32.1. The Kier molecular flexibility index (Phi) is 5.71. The summed E-state index contributed by atoms with van der Waals surface area (Å²) in [7, 11) is 1.67. The van der Waals surface area contributed by atoms with Crippen LogP contribution in [-0.4, -0.2) is 26.9 Å². The summed E-state index contributed by atoms with van der Waals surface area (Å²) in [6, 6.07) is 23.1. The van der Waals surface area contributed by atoms with Gasteiger partial charge in [0.15, 0.2) is 5.11 Å². The van der Waals surface area contributed by atoms with Crippen LogP contribution in [0.3, 0.4) is 0 Å². The normalized spacial score (nSPS) is 17.6. The SMILES string of the molecule is COc1ccc(-n2c(C)cc(C3C(c4ccccn4)NC(=S)N3c3ccc(O)cc3)c2C)cc1. The molecule has 2 unspecified atom stereocenters. The first-order valence-corrected chi connectivity index (χ1v) is 11.5. The van der Waals surface area contributed by atoms with E-state index in [1.165, 1.54) is 0 Å². The fraction of sp³-hybridized carbons (Fsp3) is 0.185. The number of nitrogens with one attached hydrogen (secondary N) is 1. The second-order valence-electron chi connectivity index (χ2n) is 8.37. The van der Waals surface area contributed by atoms with Crippen molar-refractivity contribution in [3.8, 4) is 17.2 Å². The molecule has 1 aliphatic heterocycles. The molecule has 172 valence electrons. The van der Waals surface area contributed by atoms with Gasteiger partial charge in [0.1, 0.15) is 11.5 Å². The van der Waals surface area contributed by atoms with Gasteiger partial charge in [0.05, 0.1) is 24.9 Å². The van der Waals surface area contributed by atoms with Gasteiger partial charge in [0.25, 0.3) is 0 Å². The Balaban J connectivity index is 1.65. The van der Waals surface area contributed by atoms with E-state index in [-0.39, 0.29) is 17.8 Å². The minimum Gasteiger partial charge on any atom is -0.508 e. The summed E-state index contributed by atoms with van der Waals surface area (Å²) in [6.07, 6.45) is 1.81. The molecule has 34 heavy (non-hydrogen) atoms. The Hall–Kier alpha value is -3.84.